The first-order valence-corrected chi connectivity index (χ1v) is 6.19. The first-order chi connectivity index (χ1) is 9.49. The number of nitrogens with one attached hydrogen (secondary N) is 2. The van der Waals surface area contributed by atoms with Crippen LogP contribution in [0.4, 0.5) is 11.5 Å². The van der Waals surface area contributed by atoms with Gasteiger partial charge in [0.1, 0.15) is 5.82 Å². The predicted octanol–water partition coefficient (Wildman–Crippen LogP) is 0.818. The molecule has 0 aliphatic heterocycles. The molecule has 0 fully saturated rings. The Hall–Kier alpha value is -2.46. The maximum atomic E-state index is 11.3. The number of nitrogens with zero attached hydrogens (tertiary/aromatic N) is 3. The number of nitro groups is 1. The maximum Gasteiger partial charge on any atom is 0.301 e. The zero-order chi connectivity index (χ0) is 14.7. The lowest BCUT2D eigenvalue weighted by atomic mass is 10.4. The van der Waals surface area contributed by atoms with Gasteiger partial charge in [0.25, 0.3) is 5.56 Å². The van der Waals surface area contributed by atoms with Crippen LogP contribution in [-0.4, -0.2) is 19.9 Å². The van der Waals surface area contributed by atoms with Crippen molar-refractivity contribution in [1.82, 2.24) is 15.0 Å². The first kappa shape index (κ1) is 14.0. The van der Waals surface area contributed by atoms with Gasteiger partial charge in [-0.3, -0.25) is 14.9 Å². The molecule has 0 spiro atoms. The summed E-state index contributed by atoms with van der Waals surface area (Å²) in [5.41, 5.74) is 2.28. The average molecular weight is 294 g/mol. The summed E-state index contributed by atoms with van der Waals surface area (Å²) < 4.78 is 0. The van der Waals surface area contributed by atoms with Crippen LogP contribution in [0.25, 0.3) is 0 Å². The summed E-state index contributed by atoms with van der Waals surface area (Å²) in [5.74, 6) is 5.49. The number of aromatic amines is 1. The lowest BCUT2D eigenvalue weighted by Gasteiger charge is -2.04. The number of anilines is 1. The molecule has 0 aliphatic carbocycles. The third-order valence-electron chi connectivity index (χ3n) is 2.23. The van der Waals surface area contributed by atoms with Crippen molar-refractivity contribution in [3.8, 4) is 0 Å². The van der Waals surface area contributed by atoms with Gasteiger partial charge < -0.3 is 10.4 Å². The zero-order valence-corrected chi connectivity index (χ0v) is 11.1. The standard InChI is InChI=1S/C10H10N6O3S/c1-5-4-8(17)14-10(12-5)20-9-6(16(18)19)2-3-7(13-9)15-11/h2-4H,11H2,1H3,(H,13,15)(H,12,14,17). The van der Waals surface area contributed by atoms with Gasteiger partial charge in [0.05, 0.1) is 4.92 Å². The highest BCUT2D eigenvalue weighted by atomic mass is 32.2. The summed E-state index contributed by atoms with van der Waals surface area (Å²) in [6.45, 7) is 1.65. The van der Waals surface area contributed by atoms with Crippen LogP contribution in [0.1, 0.15) is 5.69 Å². The maximum absolute atomic E-state index is 11.3. The lowest BCUT2D eigenvalue weighted by Crippen LogP contribution is -2.10. The van der Waals surface area contributed by atoms with Crippen LogP contribution >= 0.6 is 11.8 Å². The van der Waals surface area contributed by atoms with Crippen LogP contribution in [-0.2, 0) is 0 Å². The topological polar surface area (TPSA) is 140 Å². The van der Waals surface area contributed by atoms with Crippen LogP contribution in [0.15, 0.2) is 33.2 Å². The van der Waals surface area contributed by atoms with Crippen LogP contribution in [0.5, 0.6) is 0 Å². The Morgan fingerprint density at radius 2 is 2.20 bits per heavy atom. The Bertz CT molecular complexity index is 716. The highest BCUT2D eigenvalue weighted by Crippen LogP contribution is 2.31. The van der Waals surface area contributed by atoms with E-state index in [9.17, 15) is 14.9 Å². The van der Waals surface area contributed by atoms with Crippen molar-refractivity contribution in [3.63, 3.8) is 0 Å². The van der Waals surface area contributed by atoms with Gasteiger partial charge in [0.2, 0.25) is 0 Å². The highest BCUT2D eigenvalue weighted by molar-refractivity contribution is 7.99. The molecule has 0 atom stereocenters. The van der Waals surface area contributed by atoms with E-state index in [2.05, 4.69) is 20.4 Å². The van der Waals surface area contributed by atoms with E-state index in [4.69, 9.17) is 5.84 Å². The molecule has 0 aromatic carbocycles. The molecule has 2 aromatic heterocycles. The predicted molar refractivity (Wildman–Crippen MR) is 72.4 cm³/mol. The minimum atomic E-state index is -0.566. The largest absolute Gasteiger partial charge is 0.308 e. The molecule has 0 bridgehead atoms. The molecule has 0 unspecified atom stereocenters. The summed E-state index contributed by atoms with van der Waals surface area (Å²) in [6, 6.07) is 3.98. The van der Waals surface area contributed by atoms with Gasteiger partial charge in [-0.1, -0.05) is 0 Å². The zero-order valence-electron chi connectivity index (χ0n) is 10.3. The third-order valence-corrected chi connectivity index (χ3v) is 3.11. The molecule has 0 saturated heterocycles. The Balaban J connectivity index is 2.45. The van der Waals surface area contributed by atoms with Crippen LogP contribution < -0.4 is 16.8 Å². The van der Waals surface area contributed by atoms with Gasteiger partial charge in [-0.25, -0.2) is 15.8 Å². The number of aromatic nitrogens is 3. The van der Waals surface area contributed by atoms with Gasteiger partial charge in [-0.2, -0.15) is 0 Å². The molecule has 9 nitrogen and oxygen atoms in total. The van der Waals surface area contributed by atoms with Gasteiger partial charge in [0, 0.05) is 17.8 Å². The Labute approximate surface area is 116 Å². The minimum Gasteiger partial charge on any atom is -0.308 e. The second kappa shape index (κ2) is 5.67. The summed E-state index contributed by atoms with van der Waals surface area (Å²) in [6.07, 6.45) is 0. The van der Waals surface area contributed by atoms with E-state index < -0.39 is 4.92 Å². The van der Waals surface area contributed by atoms with E-state index in [1.54, 1.807) is 6.92 Å². The number of rotatable bonds is 4. The number of hydrogen-bond acceptors (Lipinski definition) is 8. The molecule has 4 N–H and O–H groups in total. The van der Waals surface area contributed by atoms with Crippen LogP contribution in [0.2, 0.25) is 0 Å². The van der Waals surface area contributed by atoms with Crippen molar-refractivity contribution in [2.75, 3.05) is 5.43 Å². The quantitative estimate of drug-likeness (QED) is 0.326. The Morgan fingerprint density at radius 1 is 1.45 bits per heavy atom. The van der Waals surface area contributed by atoms with Crippen molar-refractivity contribution in [3.05, 3.63) is 44.4 Å². The minimum absolute atomic E-state index is 0.0826. The van der Waals surface area contributed by atoms with Gasteiger partial charge in [-0.05, 0) is 24.8 Å². The SMILES string of the molecule is Cc1cc(=O)[nH]c(Sc2nc(NN)ccc2[N+](=O)[O-])n1. The Morgan fingerprint density at radius 3 is 2.80 bits per heavy atom. The van der Waals surface area contributed by atoms with Gasteiger partial charge in [0.15, 0.2) is 10.2 Å². The van der Waals surface area contributed by atoms with E-state index in [0.717, 1.165) is 11.8 Å². The van der Waals surface area contributed by atoms with Gasteiger partial charge >= 0.3 is 5.69 Å². The van der Waals surface area contributed by atoms with Crippen molar-refractivity contribution in [2.45, 2.75) is 17.1 Å². The van der Waals surface area contributed by atoms with Crippen molar-refractivity contribution in [2.24, 2.45) is 5.84 Å². The molecule has 2 aromatic rings. The number of pyridine rings is 1. The number of nitrogens with two attached hydrogens (primary N) is 1. The first-order valence-electron chi connectivity index (χ1n) is 5.37. The summed E-state index contributed by atoms with van der Waals surface area (Å²) >= 11 is 0.885. The van der Waals surface area contributed by atoms with Crippen molar-refractivity contribution >= 4 is 23.3 Å². The summed E-state index contributed by atoms with van der Waals surface area (Å²) in [5, 5.41) is 11.3. The van der Waals surface area contributed by atoms with Crippen molar-refractivity contribution in [1.29, 1.82) is 0 Å². The number of nitrogen functional groups attached to an aromatic ring is 1. The molecular weight excluding hydrogens is 284 g/mol. The summed E-state index contributed by atoms with van der Waals surface area (Å²) in [4.78, 5) is 32.3. The van der Waals surface area contributed by atoms with Crippen LogP contribution in [0.3, 0.4) is 0 Å². The van der Waals surface area contributed by atoms with Gasteiger partial charge in [-0.15, -0.1) is 0 Å². The summed E-state index contributed by atoms with van der Waals surface area (Å²) in [7, 11) is 0. The average Bonchev–Trinajstić information content (AvgIpc) is 2.37. The third kappa shape index (κ3) is 3.10. The normalized spacial score (nSPS) is 10.3. The second-order valence-electron chi connectivity index (χ2n) is 3.72. The number of aryl methyl sites for hydroxylation is 1. The molecule has 2 heterocycles. The molecule has 0 saturated carbocycles. The van der Waals surface area contributed by atoms with E-state index in [-0.39, 0.29) is 27.2 Å². The Kier molecular flexibility index (Phi) is 3.96. The smallest absolute Gasteiger partial charge is 0.301 e. The van der Waals surface area contributed by atoms with E-state index in [1.165, 1.54) is 18.2 Å². The molecule has 20 heavy (non-hydrogen) atoms. The van der Waals surface area contributed by atoms with E-state index in [1.807, 2.05) is 0 Å². The highest BCUT2D eigenvalue weighted by Gasteiger charge is 2.18. The molecule has 0 radical (unpaired) electrons. The second-order valence-corrected chi connectivity index (χ2v) is 4.69. The number of hydrazine groups is 1. The van der Waals surface area contributed by atoms with Crippen molar-refractivity contribution < 1.29 is 4.92 Å². The number of H-pyrrole nitrogens is 1. The lowest BCUT2D eigenvalue weighted by molar-refractivity contribution is -0.388. The molecule has 10 heteroatoms. The molecule has 2 rings (SSSR count). The molecule has 0 amide bonds. The number of hydrogen-bond donors (Lipinski definition) is 3. The fourth-order valence-electron chi connectivity index (χ4n) is 1.42. The molecular formula is C10H10N6O3S. The van der Waals surface area contributed by atoms with E-state index >= 15 is 0 Å². The monoisotopic (exact) mass is 294 g/mol. The fourth-order valence-corrected chi connectivity index (χ4v) is 2.33. The fraction of sp³-hybridized carbons (Fsp3) is 0.100. The van der Waals surface area contributed by atoms with E-state index in [0.29, 0.717) is 5.69 Å². The molecule has 104 valence electrons. The molecule has 0 aliphatic rings. The van der Waals surface area contributed by atoms with Crippen LogP contribution in [0, 0.1) is 17.0 Å².